The third-order valence-corrected chi connectivity index (χ3v) is 4.20. The van der Waals surface area contributed by atoms with Crippen LogP contribution in [0.5, 0.6) is 5.75 Å². The summed E-state index contributed by atoms with van der Waals surface area (Å²) in [5, 5.41) is 4.34. The number of aromatic nitrogens is 2. The smallest absolute Gasteiger partial charge is 0.163 e. The first-order valence-corrected chi connectivity index (χ1v) is 6.75. The Balaban J connectivity index is 2.13. The van der Waals surface area contributed by atoms with Crippen molar-refractivity contribution in [1.29, 1.82) is 0 Å². The van der Waals surface area contributed by atoms with Gasteiger partial charge in [0.05, 0.1) is 5.69 Å². The zero-order valence-electron chi connectivity index (χ0n) is 11.3. The fourth-order valence-electron chi connectivity index (χ4n) is 1.94. The van der Waals surface area contributed by atoms with Gasteiger partial charge in [-0.2, -0.15) is 5.10 Å². The van der Waals surface area contributed by atoms with Crippen molar-refractivity contribution >= 4 is 11.3 Å². The highest BCUT2D eigenvalue weighted by atomic mass is 32.1. The van der Waals surface area contributed by atoms with Crippen LogP contribution in [0.3, 0.4) is 0 Å². The maximum atomic E-state index is 5.90. The van der Waals surface area contributed by atoms with Crippen molar-refractivity contribution in [2.45, 2.75) is 33.9 Å². The molecule has 0 bridgehead atoms. The van der Waals surface area contributed by atoms with Crippen LogP contribution in [0.4, 0.5) is 0 Å². The molecule has 0 radical (unpaired) electrons. The first-order valence-electron chi connectivity index (χ1n) is 5.94. The molecule has 0 unspecified atom stereocenters. The summed E-state index contributed by atoms with van der Waals surface area (Å²) in [5.41, 5.74) is 8.85. The summed E-state index contributed by atoms with van der Waals surface area (Å²) in [6.45, 7) is 7.26. The number of ether oxygens (including phenoxy) is 1. The van der Waals surface area contributed by atoms with Crippen molar-refractivity contribution in [1.82, 2.24) is 9.78 Å². The molecule has 0 saturated carbocycles. The van der Waals surface area contributed by atoms with Gasteiger partial charge < -0.3 is 10.5 Å². The zero-order valence-corrected chi connectivity index (χ0v) is 12.1. The van der Waals surface area contributed by atoms with Crippen LogP contribution < -0.4 is 10.5 Å². The third kappa shape index (κ3) is 2.42. The Kier molecular flexibility index (Phi) is 3.73. The Morgan fingerprint density at radius 2 is 2.11 bits per heavy atom. The van der Waals surface area contributed by atoms with Gasteiger partial charge in [0.2, 0.25) is 0 Å². The molecule has 0 saturated heterocycles. The number of aryl methyl sites for hydroxylation is 3. The van der Waals surface area contributed by atoms with Crippen LogP contribution in [0.25, 0.3) is 0 Å². The minimum Gasteiger partial charge on any atom is -0.485 e. The maximum Gasteiger partial charge on any atom is 0.163 e. The molecule has 2 N–H and O–H groups in total. The van der Waals surface area contributed by atoms with E-state index in [0.29, 0.717) is 13.2 Å². The lowest BCUT2D eigenvalue weighted by atomic mass is 10.2. The summed E-state index contributed by atoms with van der Waals surface area (Å²) in [6.07, 6.45) is 0. The molecule has 2 aromatic rings. The molecule has 0 aromatic carbocycles. The average Bonchev–Trinajstić information content (AvgIpc) is 2.80. The van der Waals surface area contributed by atoms with Crippen molar-refractivity contribution < 1.29 is 4.74 Å². The van der Waals surface area contributed by atoms with Gasteiger partial charge in [0.15, 0.2) is 5.75 Å². The van der Waals surface area contributed by atoms with E-state index in [-0.39, 0.29) is 0 Å². The Hall–Kier alpha value is -1.33. The van der Waals surface area contributed by atoms with Crippen LogP contribution in [-0.2, 0) is 20.2 Å². The number of nitrogens with two attached hydrogens (primary N) is 1. The number of hydrogen-bond donors (Lipinski definition) is 1. The molecule has 98 valence electrons. The predicted octanol–water partition coefficient (Wildman–Crippen LogP) is 2.44. The van der Waals surface area contributed by atoms with Gasteiger partial charge in [0.1, 0.15) is 12.3 Å². The summed E-state index contributed by atoms with van der Waals surface area (Å²) in [6, 6.07) is 2.13. The molecule has 0 aliphatic carbocycles. The molecule has 18 heavy (non-hydrogen) atoms. The average molecular weight is 265 g/mol. The van der Waals surface area contributed by atoms with E-state index in [1.54, 1.807) is 11.3 Å². The van der Waals surface area contributed by atoms with Crippen molar-refractivity contribution in [3.8, 4) is 5.75 Å². The molecule has 4 nitrogen and oxygen atoms in total. The van der Waals surface area contributed by atoms with Crippen LogP contribution in [0.1, 0.15) is 26.7 Å². The third-order valence-electron chi connectivity index (χ3n) is 3.09. The lowest BCUT2D eigenvalue weighted by Crippen LogP contribution is -1.98. The normalized spacial score (nSPS) is 10.9. The molecule has 0 aliphatic heterocycles. The summed E-state index contributed by atoms with van der Waals surface area (Å²) < 4.78 is 7.74. The van der Waals surface area contributed by atoms with Gasteiger partial charge in [-0.1, -0.05) is 0 Å². The molecule has 0 aliphatic rings. The molecular formula is C13H19N3OS. The number of hydrogen-bond acceptors (Lipinski definition) is 4. The highest BCUT2D eigenvalue weighted by molar-refractivity contribution is 7.12. The van der Waals surface area contributed by atoms with Gasteiger partial charge in [-0.3, -0.25) is 4.68 Å². The molecule has 0 amide bonds. The van der Waals surface area contributed by atoms with Crippen molar-refractivity contribution in [3.63, 3.8) is 0 Å². The van der Waals surface area contributed by atoms with Gasteiger partial charge in [-0.05, 0) is 26.8 Å². The first kappa shape index (κ1) is 13.1. The molecule has 2 rings (SSSR count). The molecule has 5 heteroatoms. The second kappa shape index (κ2) is 5.12. The lowest BCUT2D eigenvalue weighted by Gasteiger charge is -2.06. The van der Waals surface area contributed by atoms with E-state index in [0.717, 1.165) is 17.1 Å². The van der Waals surface area contributed by atoms with E-state index in [9.17, 15) is 0 Å². The summed E-state index contributed by atoms with van der Waals surface area (Å²) in [5.74, 6) is 0.886. The van der Waals surface area contributed by atoms with E-state index in [1.165, 1.54) is 15.3 Å². The molecule has 0 atom stereocenters. The van der Waals surface area contributed by atoms with E-state index in [4.69, 9.17) is 10.5 Å². The lowest BCUT2D eigenvalue weighted by molar-refractivity contribution is 0.301. The first-order chi connectivity index (χ1) is 8.52. The Morgan fingerprint density at radius 3 is 2.61 bits per heavy atom. The largest absolute Gasteiger partial charge is 0.485 e. The minimum absolute atomic E-state index is 0.579. The molecular weight excluding hydrogens is 246 g/mol. The Labute approximate surface area is 111 Å². The Bertz CT molecular complexity index is 557. The molecule has 0 fully saturated rings. The SMILES string of the molecule is Cc1nn(C)c(C)c1OCc1cc(CN)sc1C. The summed E-state index contributed by atoms with van der Waals surface area (Å²) >= 11 is 1.74. The standard InChI is InChI=1S/C13H19N3OS/c1-8-13(9(2)16(4)15-8)17-7-11-5-12(6-14)18-10(11)3/h5H,6-7,14H2,1-4H3. The number of nitrogens with zero attached hydrogens (tertiary/aromatic N) is 2. The van der Waals surface area contributed by atoms with Gasteiger partial charge in [0, 0.05) is 28.9 Å². The van der Waals surface area contributed by atoms with Gasteiger partial charge in [-0.25, -0.2) is 0 Å². The zero-order chi connectivity index (χ0) is 13.3. The summed E-state index contributed by atoms with van der Waals surface area (Å²) in [4.78, 5) is 2.47. The molecule has 2 aromatic heterocycles. The highest BCUT2D eigenvalue weighted by Gasteiger charge is 2.12. The quantitative estimate of drug-likeness (QED) is 0.924. The highest BCUT2D eigenvalue weighted by Crippen LogP contribution is 2.26. The van der Waals surface area contributed by atoms with Crippen LogP contribution in [0.15, 0.2) is 6.07 Å². The molecule has 2 heterocycles. The summed E-state index contributed by atoms with van der Waals surface area (Å²) in [7, 11) is 1.93. The van der Waals surface area contributed by atoms with E-state index >= 15 is 0 Å². The predicted molar refractivity (Wildman–Crippen MR) is 74.0 cm³/mol. The van der Waals surface area contributed by atoms with Crippen LogP contribution in [0, 0.1) is 20.8 Å². The van der Waals surface area contributed by atoms with E-state index in [2.05, 4.69) is 18.1 Å². The fourth-order valence-corrected chi connectivity index (χ4v) is 2.87. The van der Waals surface area contributed by atoms with Gasteiger partial charge in [-0.15, -0.1) is 11.3 Å². The van der Waals surface area contributed by atoms with Crippen molar-refractivity contribution in [2.24, 2.45) is 12.8 Å². The second-order valence-corrected chi connectivity index (χ2v) is 5.75. The van der Waals surface area contributed by atoms with Crippen LogP contribution in [0.2, 0.25) is 0 Å². The van der Waals surface area contributed by atoms with E-state index < -0.39 is 0 Å². The molecule has 0 spiro atoms. The van der Waals surface area contributed by atoms with Crippen molar-refractivity contribution in [2.75, 3.05) is 0 Å². The Morgan fingerprint density at radius 1 is 1.39 bits per heavy atom. The van der Waals surface area contributed by atoms with Crippen LogP contribution >= 0.6 is 11.3 Å². The van der Waals surface area contributed by atoms with Gasteiger partial charge >= 0.3 is 0 Å². The van der Waals surface area contributed by atoms with Crippen molar-refractivity contribution in [3.05, 3.63) is 32.8 Å². The van der Waals surface area contributed by atoms with Gasteiger partial charge in [0.25, 0.3) is 0 Å². The minimum atomic E-state index is 0.579. The second-order valence-electron chi connectivity index (χ2n) is 4.41. The fraction of sp³-hybridized carbons (Fsp3) is 0.462. The number of thiophene rings is 1. The van der Waals surface area contributed by atoms with E-state index in [1.807, 2.05) is 25.6 Å². The topological polar surface area (TPSA) is 53.1 Å². The monoisotopic (exact) mass is 265 g/mol. The van der Waals surface area contributed by atoms with Crippen LogP contribution in [-0.4, -0.2) is 9.78 Å². The number of rotatable bonds is 4. The maximum absolute atomic E-state index is 5.90.